The second-order valence-corrected chi connectivity index (χ2v) is 8.29. The highest BCUT2D eigenvalue weighted by Gasteiger charge is 2.18. The lowest BCUT2D eigenvalue weighted by molar-refractivity contribution is 0.101. The number of aromatic nitrogens is 3. The number of carbonyl (C=O) groups is 1. The lowest BCUT2D eigenvalue weighted by atomic mass is 10.1. The molecule has 0 spiro atoms. The third-order valence-corrected chi connectivity index (χ3v) is 6.10. The Balaban J connectivity index is 1.40. The van der Waals surface area contributed by atoms with Gasteiger partial charge in [-0.05, 0) is 68.9 Å². The van der Waals surface area contributed by atoms with Gasteiger partial charge in [-0.15, -0.1) is 0 Å². The van der Waals surface area contributed by atoms with Crippen molar-refractivity contribution in [3.63, 3.8) is 0 Å². The number of Topliss-reactive ketones (excluding diaryl/α,β-unsaturated/α-hetero) is 1. The van der Waals surface area contributed by atoms with Crippen LogP contribution in [-0.4, -0.2) is 51.2 Å². The summed E-state index contributed by atoms with van der Waals surface area (Å²) in [7, 11) is 0. The van der Waals surface area contributed by atoms with E-state index in [-0.39, 0.29) is 5.78 Å². The summed E-state index contributed by atoms with van der Waals surface area (Å²) < 4.78 is 4.59. The van der Waals surface area contributed by atoms with Gasteiger partial charge in [-0.2, -0.15) is 5.10 Å². The largest absolute Gasteiger partial charge is 0.369 e. The topological polar surface area (TPSA) is 46.3 Å². The Bertz CT molecular complexity index is 1110. The molecule has 2 aromatic carbocycles. The van der Waals surface area contributed by atoms with Crippen LogP contribution in [0.15, 0.2) is 48.8 Å². The smallest absolute Gasteiger partial charge is 0.203 e. The van der Waals surface area contributed by atoms with E-state index < -0.39 is 0 Å². The number of hydrogen-bond donors (Lipinski definition) is 0. The zero-order chi connectivity index (χ0) is 21.3. The van der Waals surface area contributed by atoms with Gasteiger partial charge in [0.05, 0.1) is 12.4 Å². The van der Waals surface area contributed by atoms with Crippen LogP contribution in [0.1, 0.15) is 28.4 Å². The summed E-state index contributed by atoms with van der Waals surface area (Å²) >= 11 is 5.70. The van der Waals surface area contributed by atoms with Crippen molar-refractivity contribution in [1.29, 1.82) is 0 Å². The van der Waals surface area contributed by atoms with Crippen LogP contribution >= 0.6 is 12.2 Å². The number of nitrogens with zero attached hydrogens (tertiary/aromatic N) is 5. The van der Waals surface area contributed by atoms with Gasteiger partial charge in [-0.25, -0.2) is 4.68 Å². The molecule has 1 fully saturated rings. The maximum Gasteiger partial charge on any atom is 0.203 e. The van der Waals surface area contributed by atoms with Crippen molar-refractivity contribution in [2.75, 3.05) is 31.1 Å². The van der Waals surface area contributed by atoms with Crippen LogP contribution in [-0.2, 0) is 6.67 Å². The Morgan fingerprint density at radius 3 is 2.37 bits per heavy atom. The van der Waals surface area contributed by atoms with Crippen molar-refractivity contribution in [3.8, 4) is 5.69 Å². The van der Waals surface area contributed by atoms with Gasteiger partial charge in [0, 0.05) is 37.4 Å². The van der Waals surface area contributed by atoms with Crippen LogP contribution in [0, 0.1) is 18.6 Å². The first-order valence-electron chi connectivity index (χ1n) is 10.2. The summed E-state index contributed by atoms with van der Waals surface area (Å²) in [5.41, 5.74) is 5.43. The number of rotatable bonds is 5. The van der Waals surface area contributed by atoms with Gasteiger partial charge in [0.25, 0.3) is 0 Å². The van der Waals surface area contributed by atoms with E-state index in [4.69, 9.17) is 12.2 Å². The first-order chi connectivity index (χ1) is 14.4. The summed E-state index contributed by atoms with van der Waals surface area (Å²) in [6.07, 6.45) is 1.81. The Morgan fingerprint density at radius 2 is 1.73 bits per heavy atom. The number of anilines is 1. The van der Waals surface area contributed by atoms with E-state index in [0.29, 0.717) is 11.4 Å². The highest BCUT2D eigenvalue weighted by atomic mass is 32.1. The zero-order valence-corrected chi connectivity index (χ0v) is 18.5. The van der Waals surface area contributed by atoms with Crippen molar-refractivity contribution < 1.29 is 4.79 Å². The summed E-state index contributed by atoms with van der Waals surface area (Å²) in [5, 5.41) is 4.54. The fraction of sp³-hybridized carbons (Fsp3) is 0.348. The summed E-state index contributed by atoms with van der Waals surface area (Å²) in [4.78, 5) is 16.2. The van der Waals surface area contributed by atoms with E-state index in [1.54, 1.807) is 6.92 Å². The van der Waals surface area contributed by atoms with E-state index >= 15 is 0 Å². The molecule has 1 aliphatic rings. The zero-order valence-electron chi connectivity index (χ0n) is 17.7. The molecule has 0 bridgehead atoms. The number of benzene rings is 2. The Morgan fingerprint density at radius 1 is 1.03 bits per heavy atom. The molecule has 0 N–H and O–H groups in total. The van der Waals surface area contributed by atoms with Crippen LogP contribution < -0.4 is 4.90 Å². The predicted molar refractivity (Wildman–Crippen MR) is 122 cm³/mol. The normalized spacial score (nSPS) is 14.8. The monoisotopic (exact) mass is 421 g/mol. The molecule has 1 aliphatic heterocycles. The summed E-state index contributed by atoms with van der Waals surface area (Å²) in [6.45, 7) is 10.2. The first-order valence-corrected chi connectivity index (χ1v) is 10.6. The molecule has 3 aromatic rings. The fourth-order valence-corrected chi connectivity index (χ4v) is 4.17. The number of ketones is 1. The van der Waals surface area contributed by atoms with Crippen LogP contribution in [0.4, 0.5) is 5.69 Å². The summed E-state index contributed by atoms with van der Waals surface area (Å²) in [5.74, 6) is 0.100. The van der Waals surface area contributed by atoms with Crippen LogP contribution in [0.2, 0.25) is 0 Å². The van der Waals surface area contributed by atoms with Gasteiger partial charge < -0.3 is 4.90 Å². The molecule has 0 atom stereocenters. The minimum atomic E-state index is 0.100. The maximum absolute atomic E-state index is 11.5. The van der Waals surface area contributed by atoms with Gasteiger partial charge in [0.15, 0.2) is 5.78 Å². The molecule has 1 saturated heterocycles. The molecule has 6 nitrogen and oxygen atoms in total. The van der Waals surface area contributed by atoms with E-state index in [9.17, 15) is 4.79 Å². The van der Waals surface area contributed by atoms with E-state index in [0.717, 1.165) is 43.1 Å². The molecular formula is C23H27N5OS. The molecule has 30 heavy (non-hydrogen) atoms. The number of hydrogen-bond acceptors (Lipinski definition) is 5. The number of carbonyl (C=O) groups excluding carboxylic acids is 1. The lowest BCUT2D eigenvalue weighted by Gasteiger charge is -2.35. The molecule has 156 valence electrons. The minimum Gasteiger partial charge on any atom is -0.369 e. The Kier molecular flexibility index (Phi) is 5.83. The quantitative estimate of drug-likeness (QED) is 0.460. The van der Waals surface area contributed by atoms with Gasteiger partial charge in [0.2, 0.25) is 4.77 Å². The molecule has 7 heteroatoms. The standard InChI is InChI=1S/C23H27N5OS/c1-17-4-9-22(18(2)14-17)27-15-24-28(23(27)30)16-25-10-12-26(13-11-25)21-7-5-20(6-8-21)19(3)29/h4-9,14-15H,10-13,16H2,1-3H3. The summed E-state index contributed by atoms with van der Waals surface area (Å²) in [6, 6.07) is 14.2. The highest BCUT2D eigenvalue weighted by Crippen LogP contribution is 2.19. The molecular weight excluding hydrogens is 394 g/mol. The van der Waals surface area contributed by atoms with Crippen molar-refractivity contribution in [2.24, 2.45) is 0 Å². The van der Waals surface area contributed by atoms with E-state index in [1.165, 1.54) is 11.1 Å². The SMILES string of the molecule is CC(=O)c1ccc(N2CCN(Cn3ncn(-c4ccc(C)cc4C)c3=S)CC2)cc1. The third-order valence-electron chi connectivity index (χ3n) is 5.69. The van der Waals surface area contributed by atoms with Crippen molar-refractivity contribution in [1.82, 2.24) is 19.2 Å². The first kappa shape index (κ1) is 20.5. The lowest BCUT2D eigenvalue weighted by Crippen LogP contribution is -2.47. The average Bonchev–Trinajstić information content (AvgIpc) is 3.09. The molecule has 1 aromatic heterocycles. The molecule has 2 heterocycles. The third kappa shape index (κ3) is 4.22. The molecule has 0 saturated carbocycles. The Hall–Kier alpha value is -2.77. The van der Waals surface area contributed by atoms with Crippen molar-refractivity contribution >= 4 is 23.7 Å². The molecule has 4 rings (SSSR count). The van der Waals surface area contributed by atoms with Gasteiger partial charge in [-0.3, -0.25) is 14.3 Å². The van der Waals surface area contributed by atoms with Crippen LogP contribution in [0.5, 0.6) is 0 Å². The maximum atomic E-state index is 11.5. The molecule has 0 radical (unpaired) electrons. The molecule has 0 unspecified atom stereocenters. The van der Waals surface area contributed by atoms with Crippen molar-refractivity contribution in [3.05, 3.63) is 70.3 Å². The van der Waals surface area contributed by atoms with Gasteiger partial charge in [-0.1, -0.05) is 17.7 Å². The average molecular weight is 422 g/mol. The molecule has 0 amide bonds. The highest BCUT2D eigenvalue weighted by molar-refractivity contribution is 7.71. The second kappa shape index (κ2) is 8.53. The minimum absolute atomic E-state index is 0.100. The Labute approximate surface area is 182 Å². The number of aryl methyl sites for hydroxylation is 2. The van der Waals surface area contributed by atoms with E-state index in [1.807, 2.05) is 39.8 Å². The number of piperazine rings is 1. The molecule has 0 aliphatic carbocycles. The van der Waals surface area contributed by atoms with Gasteiger partial charge >= 0.3 is 0 Å². The van der Waals surface area contributed by atoms with Crippen molar-refractivity contribution in [2.45, 2.75) is 27.4 Å². The second-order valence-electron chi connectivity index (χ2n) is 7.92. The van der Waals surface area contributed by atoms with Crippen LogP contribution in [0.25, 0.3) is 5.69 Å². The van der Waals surface area contributed by atoms with E-state index in [2.05, 4.69) is 46.9 Å². The van der Waals surface area contributed by atoms with Gasteiger partial charge in [0.1, 0.15) is 6.33 Å². The fourth-order valence-electron chi connectivity index (χ4n) is 3.92. The van der Waals surface area contributed by atoms with Crippen LogP contribution in [0.3, 0.4) is 0 Å². The predicted octanol–water partition coefficient (Wildman–Crippen LogP) is 4.00.